The summed E-state index contributed by atoms with van der Waals surface area (Å²) in [6, 6.07) is 14.3. The zero-order chi connectivity index (χ0) is 22.0. The topological polar surface area (TPSA) is 97.3 Å². The second-order valence-electron chi connectivity index (χ2n) is 7.25. The molecular weight excluding hydrogens is 438 g/mol. The first-order valence-corrected chi connectivity index (χ1v) is 12.4. The normalized spacial score (nSPS) is 21.2. The average molecular weight is 462 g/mol. The van der Waals surface area contributed by atoms with Crippen LogP contribution in [0.1, 0.15) is 0 Å². The number of fused-ring (bicyclic) bond motifs is 1. The van der Waals surface area contributed by atoms with Crippen molar-refractivity contribution in [2.75, 3.05) is 42.5 Å². The van der Waals surface area contributed by atoms with Crippen LogP contribution in [0.2, 0.25) is 0 Å². The molecule has 0 bridgehead atoms. The molecule has 0 spiro atoms. The van der Waals surface area contributed by atoms with Crippen molar-refractivity contribution in [1.29, 1.82) is 0 Å². The van der Waals surface area contributed by atoms with Gasteiger partial charge in [0.2, 0.25) is 5.91 Å². The Morgan fingerprint density at radius 3 is 2.71 bits per heavy atom. The number of nitrogens with zero attached hydrogens (tertiary/aromatic N) is 2. The minimum atomic E-state index is -3.06. The highest BCUT2D eigenvalue weighted by molar-refractivity contribution is 8.15. The molecule has 10 heteroatoms. The molecule has 1 N–H and O–H groups in total. The second-order valence-corrected chi connectivity index (χ2v) is 10.6. The van der Waals surface area contributed by atoms with Gasteiger partial charge in [0.1, 0.15) is 18.0 Å². The molecule has 1 amide bonds. The van der Waals surface area contributed by atoms with E-state index >= 15 is 0 Å². The number of para-hydroxylation sites is 2. The summed E-state index contributed by atoms with van der Waals surface area (Å²) in [6.07, 6.45) is 0. The number of methoxy groups -OCH3 is 2. The summed E-state index contributed by atoms with van der Waals surface area (Å²) < 4.78 is 34.5. The van der Waals surface area contributed by atoms with Gasteiger partial charge >= 0.3 is 0 Å². The maximum Gasteiger partial charge on any atom is 0.244 e. The number of carbonyl (C=O) groups excluding carboxylic acids is 1. The van der Waals surface area contributed by atoms with Crippen LogP contribution in [0.4, 0.5) is 11.4 Å². The Kier molecular flexibility index (Phi) is 6.10. The van der Waals surface area contributed by atoms with Gasteiger partial charge in [-0.2, -0.15) is 0 Å². The largest absolute Gasteiger partial charge is 0.497 e. The Morgan fingerprint density at radius 1 is 1.16 bits per heavy atom. The fraction of sp³-hybridized carbons (Fsp3) is 0.333. The Labute approximate surface area is 185 Å². The first-order valence-electron chi connectivity index (χ1n) is 9.68. The SMILES string of the molecule is COc1cccc(N(CC(=O)Nc2ccccc2OC)C2=N[C@@H]3CS(=O)(=O)C[C@H]3S2)c1. The molecule has 0 unspecified atom stereocenters. The van der Waals surface area contributed by atoms with E-state index in [1.807, 2.05) is 36.4 Å². The summed E-state index contributed by atoms with van der Waals surface area (Å²) in [7, 11) is 0.0632. The molecule has 2 heterocycles. The van der Waals surface area contributed by atoms with E-state index in [4.69, 9.17) is 9.47 Å². The van der Waals surface area contributed by atoms with E-state index < -0.39 is 9.84 Å². The molecule has 0 aliphatic carbocycles. The van der Waals surface area contributed by atoms with Crippen LogP contribution >= 0.6 is 11.8 Å². The van der Waals surface area contributed by atoms with Gasteiger partial charge in [0, 0.05) is 17.0 Å². The van der Waals surface area contributed by atoms with Gasteiger partial charge in [0.25, 0.3) is 0 Å². The third-order valence-electron chi connectivity index (χ3n) is 5.08. The van der Waals surface area contributed by atoms with Crippen LogP contribution in [0.5, 0.6) is 11.5 Å². The number of ether oxygens (including phenoxy) is 2. The molecule has 8 nitrogen and oxygen atoms in total. The van der Waals surface area contributed by atoms with Crippen LogP contribution in [0.15, 0.2) is 53.5 Å². The highest BCUT2D eigenvalue weighted by Gasteiger charge is 2.44. The van der Waals surface area contributed by atoms with Crippen molar-refractivity contribution < 1.29 is 22.7 Å². The number of amides is 1. The average Bonchev–Trinajstić information content (AvgIpc) is 3.25. The number of benzene rings is 2. The lowest BCUT2D eigenvalue weighted by atomic mass is 10.2. The highest BCUT2D eigenvalue weighted by atomic mass is 32.2. The van der Waals surface area contributed by atoms with E-state index in [0.29, 0.717) is 22.4 Å². The van der Waals surface area contributed by atoms with E-state index in [0.717, 1.165) is 5.69 Å². The van der Waals surface area contributed by atoms with Gasteiger partial charge in [-0.1, -0.05) is 30.0 Å². The van der Waals surface area contributed by atoms with Crippen molar-refractivity contribution >= 4 is 44.0 Å². The monoisotopic (exact) mass is 461 g/mol. The third-order valence-corrected chi connectivity index (χ3v) is 8.33. The number of aliphatic imine (C=N–C) groups is 1. The lowest BCUT2D eigenvalue weighted by Gasteiger charge is -2.24. The van der Waals surface area contributed by atoms with Crippen LogP contribution in [0, 0.1) is 0 Å². The highest BCUT2D eigenvalue weighted by Crippen LogP contribution is 2.37. The number of sulfone groups is 1. The van der Waals surface area contributed by atoms with Crippen molar-refractivity contribution in [3.63, 3.8) is 0 Å². The molecule has 4 rings (SSSR count). The fourth-order valence-corrected chi connectivity index (χ4v) is 7.38. The fourth-order valence-electron chi connectivity index (χ4n) is 3.60. The van der Waals surface area contributed by atoms with Gasteiger partial charge in [0.05, 0.1) is 37.5 Å². The van der Waals surface area contributed by atoms with Crippen LogP contribution in [0.25, 0.3) is 0 Å². The van der Waals surface area contributed by atoms with Gasteiger partial charge in [0.15, 0.2) is 15.0 Å². The van der Waals surface area contributed by atoms with Crippen LogP contribution in [-0.4, -0.2) is 63.1 Å². The van der Waals surface area contributed by atoms with Crippen molar-refractivity contribution in [3.05, 3.63) is 48.5 Å². The molecule has 1 fully saturated rings. The lowest BCUT2D eigenvalue weighted by molar-refractivity contribution is -0.114. The standard InChI is InChI=1S/C21H23N3O5S2/c1-28-15-7-5-6-14(10-15)24(21-23-17-12-31(26,27)13-19(17)30-21)11-20(25)22-16-8-3-4-9-18(16)29-2/h3-10,17,19H,11-13H2,1-2H3,(H,22,25)/t17-,19-/m1/s1. The van der Waals surface area contributed by atoms with E-state index in [1.54, 1.807) is 31.3 Å². The molecule has 31 heavy (non-hydrogen) atoms. The van der Waals surface area contributed by atoms with Crippen LogP contribution < -0.4 is 19.7 Å². The summed E-state index contributed by atoms with van der Waals surface area (Å²) >= 11 is 1.41. The molecule has 2 aromatic rings. The first kappa shape index (κ1) is 21.5. The number of anilines is 2. The Morgan fingerprint density at radius 2 is 1.97 bits per heavy atom. The molecule has 2 aliphatic heterocycles. The van der Waals surface area contributed by atoms with Crippen molar-refractivity contribution in [2.24, 2.45) is 4.99 Å². The minimum absolute atomic E-state index is 0.00321. The van der Waals surface area contributed by atoms with Gasteiger partial charge in [-0.3, -0.25) is 9.79 Å². The molecule has 164 valence electrons. The number of amidine groups is 1. The van der Waals surface area contributed by atoms with Crippen LogP contribution in [0.3, 0.4) is 0 Å². The second kappa shape index (κ2) is 8.80. The lowest BCUT2D eigenvalue weighted by Crippen LogP contribution is -2.36. The number of carbonyl (C=O) groups is 1. The number of rotatable bonds is 6. The summed E-state index contributed by atoms with van der Waals surface area (Å²) in [5.41, 5.74) is 1.31. The number of hydrogen-bond donors (Lipinski definition) is 1. The Balaban J connectivity index is 1.59. The molecule has 2 atom stereocenters. The summed E-state index contributed by atoms with van der Waals surface area (Å²) in [6.45, 7) is 0.00321. The van der Waals surface area contributed by atoms with Crippen molar-refractivity contribution in [1.82, 2.24) is 0 Å². The van der Waals surface area contributed by atoms with E-state index in [-0.39, 0.29) is 35.2 Å². The van der Waals surface area contributed by atoms with E-state index in [1.165, 1.54) is 11.8 Å². The molecule has 0 saturated carbocycles. The van der Waals surface area contributed by atoms with Crippen molar-refractivity contribution in [2.45, 2.75) is 11.3 Å². The molecule has 1 saturated heterocycles. The maximum atomic E-state index is 12.9. The number of nitrogens with one attached hydrogen (secondary N) is 1. The summed E-state index contributed by atoms with van der Waals surface area (Å²) in [4.78, 5) is 19.4. The minimum Gasteiger partial charge on any atom is -0.497 e. The zero-order valence-electron chi connectivity index (χ0n) is 17.1. The Bertz CT molecular complexity index is 1120. The first-order chi connectivity index (χ1) is 14.9. The maximum absolute atomic E-state index is 12.9. The number of thioether (sulfide) groups is 1. The van der Waals surface area contributed by atoms with E-state index in [2.05, 4.69) is 10.3 Å². The van der Waals surface area contributed by atoms with Gasteiger partial charge in [-0.25, -0.2) is 8.42 Å². The van der Waals surface area contributed by atoms with Gasteiger partial charge in [-0.15, -0.1) is 0 Å². The predicted octanol–water partition coefficient (Wildman–Crippen LogP) is 2.42. The predicted molar refractivity (Wildman–Crippen MR) is 123 cm³/mol. The number of hydrogen-bond acceptors (Lipinski definition) is 8. The smallest absolute Gasteiger partial charge is 0.244 e. The summed E-state index contributed by atoms with van der Waals surface area (Å²) in [5, 5.41) is 3.39. The zero-order valence-corrected chi connectivity index (χ0v) is 18.8. The molecule has 0 radical (unpaired) electrons. The molecular formula is C21H23N3O5S2. The van der Waals surface area contributed by atoms with Gasteiger partial charge < -0.3 is 19.7 Å². The summed E-state index contributed by atoms with van der Waals surface area (Å²) in [5.74, 6) is 1.12. The molecule has 2 aliphatic rings. The van der Waals surface area contributed by atoms with E-state index in [9.17, 15) is 13.2 Å². The quantitative estimate of drug-likeness (QED) is 0.706. The molecule has 2 aromatic carbocycles. The Hall–Kier alpha value is -2.72. The van der Waals surface area contributed by atoms with Crippen LogP contribution in [-0.2, 0) is 14.6 Å². The molecule has 0 aromatic heterocycles. The van der Waals surface area contributed by atoms with Gasteiger partial charge in [-0.05, 0) is 24.3 Å². The van der Waals surface area contributed by atoms with Crippen molar-refractivity contribution in [3.8, 4) is 11.5 Å². The third kappa shape index (κ3) is 4.80.